The third-order valence-corrected chi connectivity index (χ3v) is 2.21. The van der Waals surface area contributed by atoms with Gasteiger partial charge in [0.15, 0.2) is 0 Å². The van der Waals surface area contributed by atoms with Gasteiger partial charge in [0.1, 0.15) is 18.0 Å². The minimum absolute atomic E-state index is 0.217. The van der Waals surface area contributed by atoms with Crippen LogP contribution in [0.2, 0.25) is 0 Å². The number of hydrogen-bond acceptors (Lipinski definition) is 3. The van der Waals surface area contributed by atoms with Crippen LogP contribution in [0.25, 0.3) is 0 Å². The van der Waals surface area contributed by atoms with E-state index in [2.05, 4.69) is 4.74 Å². The standard InChI is InChI=1S/C10H9F3O3/c11-10(12,13)16-7-4-2-1-3-6(7)9-8(5-14)15-9/h1-4,8-9,14H,5H2. The van der Waals surface area contributed by atoms with E-state index in [4.69, 9.17) is 9.84 Å². The van der Waals surface area contributed by atoms with Crippen LogP contribution < -0.4 is 4.74 Å². The van der Waals surface area contributed by atoms with E-state index in [1.807, 2.05) is 0 Å². The maximum Gasteiger partial charge on any atom is 0.573 e. The molecule has 1 aromatic carbocycles. The van der Waals surface area contributed by atoms with Gasteiger partial charge in [-0.3, -0.25) is 0 Å². The number of halogens is 3. The first-order valence-electron chi connectivity index (χ1n) is 4.62. The number of hydrogen-bond donors (Lipinski definition) is 1. The predicted octanol–water partition coefficient (Wildman–Crippen LogP) is 2.02. The summed E-state index contributed by atoms with van der Waals surface area (Å²) in [6.45, 7) is -0.217. The molecule has 1 N–H and O–H groups in total. The van der Waals surface area contributed by atoms with Crippen molar-refractivity contribution in [1.29, 1.82) is 0 Å². The molecule has 2 rings (SSSR count). The summed E-state index contributed by atoms with van der Waals surface area (Å²) >= 11 is 0. The largest absolute Gasteiger partial charge is 0.573 e. The van der Waals surface area contributed by atoms with Crippen LogP contribution in [0, 0.1) is 0 Å². The lowest BCUT2D eigenvalue weighted by atomic mass is 10.1. The van der Waals surface area contributed by atoms with Crippen LogP contribution in [0.4, 0.5) is 13.2 Å². The highest BCUT2D eigenvalue weighted by molar-refractivity contribution is 5.37. The zero-order valence-corrected chi connectivity index (χ0v) is 8.07. The van der Waals surface area contributed by atoms with Crippen LogP contribution in [0.3, 0.4) is 0 Å². The van der Waals surface area contributed by atoms with E-state index >= 15 is 0 Å². The zero-order valence-electron chi connectivity index (χ0n) is 8.07. The highest BCUT2D eigenvalue weighted by atomic mass is 19.4. The molecule has 0 bridgehead atoms. The van der Waals surface area contributed by atoms with Gasteiger partial charge in [-0.05, 0) is 6.07 Å². The first-order chi connectivity index (χ1) is 7.51. The Morgan fingerprint density at radius 2 is 2.00 bits per heavy atom. The van der Waals surface area contributed by atoms with Gasteiger partial charge in [0.2, 0.25) is 0 Å². The minimum Gasteiger partial charge on any atom is -0.405 e. The van der Waals surface area contributed by atoms with E-state index in [0.717, 1.165) is 0 Å². The Bertz CT molecular complexity index is 378. The van der Waals surface area contributed by atoms with E-state index < -0.39 is 18.6 Å². The Morgan fingerprint density at radius 3 is 2.56 bits per heavy atom. The van der Waals surface area contributed by atoms with Gasteiger partial charge in [0.25, 0.3) is 0 Å². The van der Waals surface area contributed by atoms with Gasteiger partial charge >= 0.3 is 6.36 Å². The molecule has 1 aromatic rings. The highest BCUT2D eigenvalue weighted by Crippen LogP contribution is 2.43. The summed E-state index contributed by atoms with van der Waals surface area (Å²) in [6, 6.07) is 5.75. The van der Waals surface area contributed by atoms with Gasteiger partial charge < -0.3 is 14.6 Å². The van der Waals surface area contributed by atoms with Crippen molar-refractivity contribution in [3.63, 3.8) is 0 Å². The van der Waals surface area contributed by atoms with Crippen molar-refractivity contribution >= 4 is 0 Å². The normalized spacial score (nSPS) is 24.2. The Labute approximate surface area is 89.4 Å². The second kappa shape index (κ2) is 3.95. The van der Waals surface area contributed by atoms with Gasteiger partial charge in [-0.1, -0.05) is 18.2 Å². The third-order valence-electron chi connectivity index (χ3n) is 2.21. The van der Waals surface area contributed by atoms with Crippen LogP contribution >= 0.6 is 0 Å². The average molecular weight is 234 g/mol. The Hall–Kier alpha value is -1.27. The van der Waals surface area contributed by atoms with Crippen LogP contribution in [0.15, 0.2) is 24.3 Å². The van der Waals surface area contributed by atoms with E-state index in [1.165, 1.54) is 18.2 Å². The van der Waals surface area contributed by atoms with Gasteiger partial charge in [0, 0.05) is 5.56 Å². The van der Waals surface area contributed by atoms with Gasteiger partial charge in [0.05, 0.1) is 6.61 Å². The number of rotatable bonds is 3. The lowest BCUT2D eigenvalue weighted by Gasteiger charge is -2.11. The maximum absolute atomic E-state index is 12.1. The van der Waals surface area contributed by atoms with E-state index in [-0.39, 0.29) is 12.4 Å². The Kier molecular flexibility index (Phi) is 2.77. The van der Waals surface area contributed by atoms with Gasteiger partial charge in [-0.25, -0.2) is 0 Å². The van der Waals surface area contributed by atoms with Crippen LogP contribution in [-0.2, 0) is 4.74 Å². The fourth-order valence-electron chi connectivity index (χ4n) is 1.49. The lowest BCUT2D eigenvalue weighted by molar-refractivity contribution is -0.274. The molecule has 3 nitrogen and oxygen atoms in total. The highest BCUT2D eigenvalue weighted by Gasteiger charge is 2.42. The van der Waals surface area contributed by atoms with Crippen molar-refractivity contribution in [3.8, 4) is 5.75 Å². The molecule has 0 aromatic heterocycles. The topological polar surface area (TPSA) is 42.0 Å². The zero-order chi connectivity index (χ0) is 11.8. The fourth-order valence-corrected chi connectivity index (χ4v) is 1.49. The molecule has 1 saturated heterocycles. The molecule has 0 amide bonds. The van der Waals surface area contributed by atoms with Crippen molar-refractivity contribution in [3.05, 3.63) is 29.8 Å². The molecule has 88 valence electrons. The number of para-hydroxylation sites is 1. The molecule has 2 unspecified atom stereocenters. The Morgan fingerprint density at radius 1 is 1.31 bits per heavy atom. The first kappa shape index (κ1) is 11.2. The van der Waals surface area contributed by atoms with Crippen LogP contribution in [0.5, 0.6) is 5.75 Å². The first-order valence-corrected chi connectivity index (χ1v) is 4.62. The molecular formula is C10H9F3O3. The predicted molar refractivity (Wildman–Crippen MR) is 47.8 cm³/mol. The number of epoxide rings is 1. The van der Waals surface area contributed by atoms with E-state index in [0.29, 0.717) is 5.56 Å². The molecular weight excluding hydrogens is 225 g/mol. The summed E-state index contributed by atoms with van der Waals surface area (Å²) in [7, 11) is 0. The molecule has 1 aliphatic rings. The molecule has 0 saturated carbocycles. The van der Waals surface area contributed by atoms with Crippen molar-refractivity contribution in [2.75, 3.05) is 6.61 Å². The van der Waals surface area contributed by atoms with Gasteiger partial charge in [-0.15, -0.1) is 13.2 Å². The van der Waals surface area contributed by atoms with Crippen molar-refractivity contribution in [2.45, 2.75) is 18.6 Å². The number of aliphatic hydroxyl groups is 1. The van der Waals surface area contributed by atoms with E-state index in [9.17, 15) is 13.2 Å². The second-order valence-corrected chi connectivity index (χ2v) is 3.36. The molecule has 1 heterocycles. The smallest absolute Gasteiger partial charge is 0.405 e. The van der Waals surface area contributed by atoms with Crippen LogP contribution in [0.1, 0.15) is 11.7 Å². The van der Waals surface area contributed by atoms with Crippen molar-refractivity contribution in [2.24, 2.45) is 0 Å². The molecule has 1 aliphatic heterocycles. The molecule has 0 aliphatic carbocycles. The van der Waals surface area contributed by atoms with E-state index in [1.54, 1.807) is 6.07 Å². The van der Waals surface area contributed by atoms with Crippen molar-refractivity contribution < 1.29 is 27.8 Å². The molecule has 6 heteroatoms. The lowest BCUT2D eigenvalue weighted by Crippen LogP contribution is -2.18. The summed E-state index contributed by atoms with van der Waals surface area (Å²) in [5, 5.41) is 8.77. The SMILES string of the molecule is OCC1OC1c1ccccc1OC(F)(F)F. The second-order valence-electron chi connectivity index (χ2n) is 3.36. The number of ether oxygens (including phenoxy) is 2. The summed E-state index contributed by atoms with van der Waals surface area (Å²) < 4.78 is 45.1. The quantitative estimate of drug-likeness (QED) is 0.813. The molecule has 2 atom stereocenters. The monoisotopic (exact) mass is 234 g/mol. The molecule has 0 spiro atoms. The summed E-state index contributed by atoms with van der Waals surface area (Å²) in [5.41, 5.74) is 0.305. The van der Waals surface area contributed by atoms with Gasteiger partial charge in [-0.2, -0.15) is 0 Å². The number of benzene rings is 1. The van der Waals surface area contributed by atoms with Crippen molar-refractivity contribution in [1.82, 2.24) is 0 Å². The third kappa shape index (κ3) is 2.45. The number of alkyl halides is 3. The minimum atomic E-state index is -4.72. The maximum atomic E-state index is 12.1. The molecule has 16 heavy (non-hydrogen) atoms. The number of aliphatic hydroxyl groups excluding tert-OH is 1. The average Bonchev–Trinajstić information content (AvgIpc) is 2.95. The molecule has 0 radical (unpaired) electrons. The summed E-state index contributed by atoms with van der Waals surface area (Å²) in [5.74, 6) is -0.282. The fraction of sp³-hybridized carbons (Fsp3) is 0.400. The van der Waals surface area contributed by atoms with Crippen LogP contribution in [-0.4, -0.2) is 24.2 Å². The molecule has 1 fully saturated rings. The Balaban J connectivity index is 2.19. The summed E-state index contributed by atoms with van der Waals surface area (Å²) in [4.78, 5) is 0. The summed E-state index contributed by atoms with van der Waals surface area (Å²) in [6.07, 6.45) is -5.67.